The second kappa shape index (κ2) is 7.73. The Kier molecular flexibility index (Phi) is 6.27. The fraction of sp³-hybridized carbons (Fsp3) is 0.333. The maximum Gasteiger partial charge on any atom is 0.315 e. The molecule has 0 aliphatic heterocycles. The molecule has 1 aromatic carbocycles. The summed E-state index contributed by atoms with van der Waals surface area (Å²) >= 11 is 1.26. The third-order valence-corrected chi connectivity index (χ3v) is 3.06. The van der Waals surface area contributed by atoms with Gasteiger partial charge in [0.25, 0.3) is 0 Å². The number of halogens is 2. The molecule has 0 fully saturated rings. The molecule has 0 heterocycles. The molecule has 0 aromatic heterocycles. The van der Waals surface area contributed by atoms with Gasteiger partial charge in [-0.2, -0.15) is 0 Å². The number of nitrogens with one attached hydrogen (secondary N) is 1. The summed E-state index contributed by atoms with van der Waals surface area (Å²) in [5.41, 5.74) is 0.196. The predicted molar refractivity (Wildman–Crippen MR) is 68.9 cm³/mol. The lowest BCUT2D eigenvalue weighted by Crippen LogP contribution is -2.13. The van der Waals surface area contributed by atoms with Crippen molar-refractivity contribution in [2.75, 3.05) is 23.9 Å². The Morgan fingerprint density at radius 1 is 1.32 bits per heavy atom. The molecule has 1 amide bonds. The Bertz CT molecular complexity index is 468. The van der Waals surface area contributed by atoms with Crippen LogP contribution in [0.3, 0.4) is 0 Å². The molecule has 4 nitrogen and oxygen atoms in total. The largest absolute Gasteiger partial charge is 0.468 e. The highest BCUT2D eigenvalue weighted by Crippen LogP contribution is 2.13. The molecule has 0 saturated carbocycles. The molecule has 0 spiro atoms. The molecule has 0 saturated heterocycles. The summed E-state index contributed by atoms with van der Waals surface area (Å²) in [4.78, 5) is 22.3. The Labute approximate surface area is 113 Å². The van der Waals surface area contributed by atoms with Gasteiger partial charge >= 0.3 is 5.97 Å². The summed E-state index contributed by atoms with van der Waals surface area (Å²) in [7, 11) is 1.29. The first-order chi connectivity index (χ1) is 9.02. The van der Waals surface area contributed by atoms with Crippen LogP contribution >= 0.6 is 11.8 Å². The zero-order valence-corrected chi connectivity index (χ0v) is 11.1. The van der Waals surface area contributed by atoms with Gasteiger partial charge < -0.3 is 10.1 Å². The van der Waals surface area contributed by atoms with Crippen molar-refractivity contribution in [2.45, 2.75) is 6.42 Å². The molecule has 1 N–H and O–H groups in total. The van der Waals surface area contributed by atoms with Crippen LogP contribution in [0.1, 0.15) is 6.42 Å². The molecule has 1 aromatic rings. The standard InChI is InChI=1S/C12H13F2NO3S/c1-18-12(17)7-19-5-4-11(16)15-8-2-3-9(13)10(14)6-8/h2-3,6H,4-5,7H2,1H3,(H,15,16). The summed E-state index contributed by atoms with van der Waals surface area (Å²) in [5, 5.41) is 2.44. The number of carbonyl (C=O) groups is 2. The van der Waals surface area contributed by atoms with E-state index in [1.54, 1.807) is 0 Å². The summed E-state index contributed by atoms with van der Waals surface area (Å²) in [6.45, 7) is 0. The van der Waals surface area contributed by atoms with Crippen LogP contribution in [0.25, 0.3) is 0 Å². The first-order valence-corrected chi connectivity index (χ1v) is 6.58. The van der Waals surface area contributed by atoms with Gasteiger partial charge in [-0.15, -0.1) is 11.8 Å². The molecule has 7 heteroatoms. The lowest BCUT2D eigenvalue weighted by atomic mass is 10.3. The minimum Gasteiger partial charge on any atom is -0.468 e. The van der Waals surface area contributed by atoms with Crippen LogP contribution in [0.15, 0.2) is 18.2 Å². The molecule has 0 bridgehead atoms. The van der Waals surface area contributed by atoms with Crippen molar-refractivity contribution in [1.29, 1.82) is 0 Å². The molecular formula is C12H13F2NO3S. The van der Waals surface area contributed by atoms with Crippen molar-refractivity contribution in [3.8, 4) is 0 Å². The van der Waals surface area contributed by atoms with E-state index in [4.69, 9.17) is 0 Å². The van der Waals surface area contributed by atoms with E-state index >= 15 is 0 Å². The van der Waals surface area contributed by atoms with Crippen LogP contribution in [0.2, 0.25) is 0 Å². The van der Waals surface area contributed by atoms with Crippen molar-refractivity contribution in [3.05, 3.63) is 29.8 Å². The van der Waals surface area contributed by atoms with Crippen molar-refractivity contribution in [2.24, 2.45) is 0 Å². The number of thioether (sulfide) groups is 1. The fourth-order valence-corrected chi connectivity index (χ4v) is 1.94. The van der Waals surface area contributed by atoms with Crippen molar-refractivity contribution in [3.63, 3.8) is 0 Å². The minimum atomic E-state index is -1.02. The summed E-state index contributed by atoms with van der Waals surface area (Å²) < 4.78 is 30.0. The highest BCUT2D eigenvalue weighted by Gasteiger charge is 2.07. The third kappa shape index (κ3) is 5.69. The number of carbonyl (C=O) groups excluding carboxylic acids is 2. The predicted octanol–water partition coefficient (Wildman–Crippen LogP) is 2.20. The van der Waals surface area contributed by atoms with Crippen LogP contribution < -0.4 is 5.32 Å². The average Bonchev–Trinajstić information content (AvgIpc) is 2.38. The summed E-state index contributed by atoms with van der Waals surface area (Å²) in [5.74, 6) is -2.06. The van der Waals surface area contributed by atoms with Gasteiger partial charge in [0.1, 0.15) is 0 Å². The first kappa shape index (κ1) is 15.4. The van der Waals surface area contributed by atoms with Gasteiger partial charge in [-0.3, -0.25) is 9.59 Å². The van der Waals surface area contributed by atoms with E-state index in [1.165, 1.54) is 24.9 Å². The quantitative estimate of drug-likeness (QED) is 0.644. The zero-order valence-electron chi connectivity index (χ0n) is 10.2. The molecular weight excluding hydrogens is 276 g/mol. The van der Waals surface area contributed by atoms with E-state index in [-0.39, 0.29) is 29.7 Å². The van der Waals surface area contributed by atoms with E-state index in [0.29, 0.717) is 5.75 Å². The van der Waals surface area contributed by atoms with E-state index in [1.807, 2.05) is 0 Å². The SMILES string of the molecule is COC(=O)CSCCC(=O)Nc1ccc(F)c(F)c1. The van der Waals surface area contributed by atoms with E-state index in [9.17, 15) is 18.4 Å². The summed E-state index contributed by atoms with van der Waals surface area (Å²) in [6, 6.07) is 3.13. The van der Waals surface area contributed by atoms with Gasteiger partial charge in [0.15, 0.2) is 11.6 Å². The number of hydrogen-bond donors (Lipinski definition) is 1. The van der Waals surface area contributed by atoms with Gasteiger partial charge in [-0.05, 0) is 12.1 Å². The Morgan fingerprint density at radius 3 is 2.68 bits per heavy atom. The normalized spacial score (nSPS) is 10.1. The van der Waals surface area contributed by atoms with E-state index in [2.05, 4.69) is 10.1 Å². The fourth-order valence-electron chi connectivity index (χ4n) is 1.18. The van der Waals surface area contributed by atoms with Gasteiger partial charge in [0.2, 0.25) is 5.91 Å². The number of rotatable bonds is 6. The Hall–Kier alpha value is -1.63. The molecule has 1 rings (SSSR count). The number of ether oxygens (including phenoxy) is 1. The number of hydrogen-bond acceptors (Lipinski definition) is 4. The second-order valence-electron chi connectivity index (χ2n) is 3.56. The van der Waals surface area contributed by atoms with E-state index < -0.39 is 11.6 Å². The molecule has 0 unspecified atom stereocenters. The lowest BCUT2D eigenvalue weighted by Gasteiger charge is -2.05. The molecule has 0 aliphatic carbocycles. The third-order valence-electron chi connectivity index (χ3n) is 2.12. The highest BCUT2D eigenvalue weighted by molar-refractivity contribution is 7.99. The second-order valence-corrected chi connectivity index (χ2v) is 4.66. The zero-order chi connectivity index (χ0) is 14.3. The molecule has 19 heavy (non-hydrogen) atoms. The van der Waals surface area contributed by atoms with Crippen LogP contribution in [-0.2, 0) is 14.3 Å². The molecule has 104 valence electrons. The van der Waals surface area contributed by atoms with Crippen molar-refractivity contribution in [1.82, 2.24) is 0 Å². The van der Waals surface area contributed by atoms with Crippen molar-refractivity contribution < 1.29 is 23.1 Å². The Morgan fingerprint density at radius 2 is 2.05 bits per heavy atom. The van der Waals surface area contributed by atoms with Gasteiger partial charge in [0.05, 0.1) is 12.9 Å². The monoisotopic (exact) mass is 289 g/mol. The molecule has 0 radical (unpaired) electrons. The number of amides is 1. The number of esters is 1. The van der Waals surface area contributed by atoms with Crippen LogP contribution in [-0.4, -0.2) is 30.5 Å². The van der Waals surface area contributed by atoms with Crippen molar-refractivity contribution >= 4 is 29.3 Å². The topological polar surface area (TPSA) is 55.4 Å². The smallest absolute Gasteiger partial charge is 0.315 e. The maximum absolute atomic E-state index is 12.9. The molecule has 0 aliphatic rings. The van der Waals surface area contributed by atoms with Crippen LogP contribution in [0, 0.1) is 11.6 Å². The summed E-state index contributed by atoms with van der Waals surface area (Å²) in [6.07, 6.45) is 0.167. The van der Waals surface area contributed by atoms with Crippen LogP contribution in [0.4, 0.5) is 14.5 Å². The first-order valence-electron chi connectivity index (χ1n) is 5.42. The average molecular weight is 289 g/mol. The van der Waals surface area contributed by atoms with Gasteiger partial charge in [-0.25, -0.2) is 8.78 Å². The lowest BCUT2D eigenvalue weighted by molar-refractivity contribution is -0.137. The molecule has 0 atom stereocenters. The number of anilines is 1. The van der Waals surface area contributed by atoms with Gasteiger partial charge in [0, 0.05) is 23.9 Å². The number of methoxy groups -OCH3 is 1. The van der Waals surface area contributed by atoms with Crippen LogP contribution in [0.5, 0.6) is 0 Å². The van der Waals surface area contributed by atoms with E-state index in [0.717, 1.165) is 12.1 Å². The Balaban J connectivity index is 2.31. The highest BCUT2D eigenvalue weighted by atomic mass is 32.2. The number of benzene rings is 1. The maximum atomic E-state index is 12.9. The van der Waals surface area contributed by atoms with Gasteiger partial charge in [-0.1, -0.05) is 0 Å². The minimum absolute atomic E-state index is 0.167.